The molecule has 0 radical (unpaired) electrons. The van der Waals surface area contributed by atoms with E-state index in [-0.39, 0.29) is 11.9 Å². The summed E-state index contributed by atoms with van der Waals surface area (Å²) in [6, 6.07) is 3.82. The molecule has 98 valence electrons. The van der Waals surface area contributed by atoms with Gasteiger partial charge >= 0.3 is 0 Å². The molecule has 0 spiro atoms. The monoisotopic (exact) mass is 247 g/mol. The Bertz CT molecular complexity index is 415. The van der Waals surface area contributed by atoms with E-state index in [4.69, 9.17) is 0 Å². The van der Waals surface area contributed by atoms with Crippen molar-refractivity contribution in [2.45, 2.75) is 39.2 Å². The Morgan fingerprint density at radius 2 is 2.33 bits per heavy atom. The normalized spacial score (nSPS) is 16.8. The van der Waals surface area contributed by atoms with Crippen LogP contribution in [0.5, 0.6) is 0 Å². The highest BCUT2D eigenvalue weighted by Gasteiger charge is 2.25. The van der Waals surface area contributed by atoms with Crippen LogP contribution in [0.4, 0.5) is 5.82 Å². The lowest BCUT2D eigenvalue weighted by Crippen LogP contribution is -2.40. The fourth-order valence-electron chi connectivity index (χ4n) is 2.20. The van der Waals surface area contributed by atoms with Gasteiger partial charge in [-0.05, 0) is 44.7 Å². The van der Waals surface area contributed by atoms with Crippen molar-refractivity contribution in [1.82, 2.24) is 10.3 Å². The summed E-state index contributed by atoms with van der Waals surface area (Å²) in [5.41, 5.74) is 0.673. The summed E-state index contributed by atoms with van der Waals surface area (Å²) in [5.74, 6) is 1.40. The number of hydrogen-bond donors (Lipinski definition) is 2. The number of rotatable bonds is 5. The van der Waals surface area contributed by atoms with Crippen molar-refractivity contribution in [3.8, 4) is 0 Å². The Kier molecular flexibility index (Phi) is 4.18. The maximum atomic E-state index is 12.1. The van der Waals surface area contributed by atoms with Crippen LogP contribution in [-0.2, 0) is 0 Å². The molecule has 4 heteroatoms. The van der Waals surface area contributed by atoms with Gasteiger partial charge in [-0.2, -0.15) is 0 Å². The second kappa shape index (κ2) is 5.85. The Morgan fingerprint density at radius 1 is 1.56 bits per heavy atom. The average molecular weight is 247 g/mol. The van der Waals surface area contributed by atoms with E-state index in [1.54, 1.807) is 18.3 Å². The largest absolute Gasteiger partial charge is 0.370 e. The molecule has 1 amide bonds. The van der Waals surface area contributed by atoms with Gasteiger partial charge in [0.25, 0.3) is 5.91 Å². The van der Waals surface area contributed by atoms with Crippen molar-refractivity contribution in [3.63, 3.8) is 0 Å². The zero-order chi connectivity index (χ0) is 13.0. The topological polar surface area (TPSA) is 54.0 Å². The summed E-state index contributed by atoms with van der Waals surface area (Å²) in [7, 11) is 0. The Hall–Kier alpha value is -1.58. The summed E-state index contributed by atoms with van der Waals surface area (Å²) in [6.45, 7) is 4.90. The van der Waals surface area contributed by atoms with Crippen LogP contribution in [0.3, 0.4) is 0 Å². The van der Waals surface area contributed by atoms with Gasteiger partial charge in [0.2, 0.25) is 0 Å². The fraction of sp³-hybridized carbons (Fsp3) is 0.571. The van der Waals surface area contributed by atoms with Gasteiger partial charge in [0.15, 0.2) is 0 Å². The van der Waals surface area contributed by atoms with Crippen molar-refractivity contribution in [1.29, 1.82) is 0 Å². The van der Waals surface area contributed by atoms with E-state index >= 15 is 0 Å². The van der Waals surface area contributed by atoms with Gasteiger partial charge in [-0.3, -0.25) is 4.79 Å². The summed E-state index contributed by atoms with van der Waals surface area (Å²) in [4.78, 5) is 16.3. The molecule has 0 saturated heterocycles. The molecule has 1 aromatic rings. The lowest BCUT2D eigenvalue weighted by molar-refractivity contribution is 0.0909. The van der Waals surface area contributed by atoms with E-state index < -0.39 is 0 Å². The summed E-state index contributed by atoms with van der Waals surface area (Å²) in [6.07, 6.45) is 5.44. The van der Waals surface area contributed by atoms with E-state index in [1.165, 1.54) is 19.3 Å². The third-order valence-corrected chi connectivity index (χ3v) is 3.60. The Balaban J connectivity index is 1.96. The molecule has 1 aliphatic rings. The first-order chi connectivity index (χ1) is 8.70. The molecular weight excluding hydrogens is 226 g/mol. The lowest BCUT2D eigenvalue weighted by Gasteiger charge is -2.31. The number of pyridine rings is 1. The number of nitrogens with zero attached hydrogens (tertiary/aromatic N) is 1. The van der Waals surface area contributed by atoms with E-state index in [9.17, 15) is 4.79 Å². The van der Waals surface area contributed by atoms with Crippen LogP contribution >= 0.6 is 0 Å². The van der Waals surface area contributed by atoms with Gasteiger partial charge in [0.1, 0.15) is 5.82 Å². The molecule has 1 atom stereocenters. The minimum absolute atomic E-state index is 0.00375. The first kappa shape index (κ1) is 12.9. The zero-order valence-electron chi connectivity index (χ0n) is 11.1. The second-order valence-electron chi connectivity index (χ2n) is 4.91. The van der Waals surface area contributed by atoms with Gasteiger partial charge < -0.3 is 10.6 Å². The molecule has 18 heavy (non-hydrogen) atoms. The zero-order valence-corrected chi connectivity index (χ0v) is 11.1. The van der Waals surface area contributed by atoms with Crippen LogP contribution in [0.1, 0.15) is 43.5 Å². The quantitative estimate of drug-likeness (QED) is 0.840. The van der Waals surface area contributed by atoms with E-state index in [0.29, 0.717) is 11.5 Å². The number of carbonyl (C=O) groups is 1. The number of amides is 1. The second-order valence-corrected chi connectivity index (χ2v) is 4.91. The van der Waals surface area contributed by atoms with E-state index in [1.807, 2.05) is 6.92 Å². The molecule has 2 rings (SSSR count). The molecule has 2 N–H and O–H groups in total. The van der Waals surface area contributed by atoms with Crippen molar-refractivity contribution >= 4 is 11.7 Å². The van der Waals surface area contributed by atoms with Crippen LogP contribution in [0.15, 0.2) is 18.3 Å². The van der Waals surface area contributed by atoms with Crippen molar-refractivity contribution < 1.29 is 4.79 Å². The molecule has 0 aliphatic heterocycles. The third kappa shape index (κ3) is 3.00. The first-order valence-electron chi connectivity index (χ1n) is 6.71. The van der Waals surface area contributed by atoms with E-state index in [0.717, 1.165) is 12.4 Å². The van der Waals surface area contributed by atoms with Crippen LogP contribution in [0.25, 0.3) is 0 Å². The van der Waals surface area contributed by atoms with Gasteiger partial charge in [-0.15, -0.1) is 0 Å². The van der Waals surface area contributed by atoms with Crippen LogP contribution in [0, 0.1) is 5.92 Å². The van der Waals surface area contributed by atoms with Crippen LogP contribution < -0.4 is 10.6 Å². The predicted octanol–water partition coefficient (Wildman–Crippen LogP) is 2.43. The highest BCUT2D eigenvalue weighted by Crippen LogP contribution is 2.29. The van der Waals surface area contributed by atoms with Crippen molar-refractivity contribution in [3.05, 3.63) is 23.9 Å². The summed E-state index contributed by atoms with van der Waals surface area (Å²) in [5, 5.41) is 6.18. The number of aromatic nitrogens is 1. The fourth-order valence-corrected chi connectivity index (χ4v) is 2.20. The SMILES string of the molecule is CCNc1cc(C(=O)NC(C)C2CCC2)ccn1. The summed E-state index contributed by atoms with van der Waals surface area (Å²) < 4.78 is 0. The lowest BCUT2D eigenvalue weighted by atomic mass is 9.80. The number of nitrogens with one attached hydrogen (secondary N) is 2. The minimum atomic E-state index is -0.00375. The molecule has 1 fully saturated rings. The smallest absolute Gasteiger partial charge is 0.251 e. The molecule has 0 aromatic carbocycles. The average Bonchev–Trinajstić information content (AvgIpc) is 2.27. The molecule has 1 aliphatic carbocycles. The standard InChI is InChI=1S/C14H21N3O/c1-3-15-13-9-12(7-8-16-13)14(18)17-10(2)11-5-4-6-11/h7-11H,3-6H2,1-2H3,(H,15,16)(H,17,18). The van der Waals surface area contributed by atoms with Gasteiger partial charge in [-0.1, -0.05) is 6.42 Å². The number of hydrogen-bond acceptors (Lipinski definition) is 3. The van der Waals surface area contributed by atoms with Crippen LogP contribution in [-0.4, -0.2) is 23.5 Å². The van der Waals surface area contributed by atoms with E-state index in [2.05, 4.69) is 22.5 Å². The molecule has 0 bridgehead atoms. The Labute approximate surface area is 108 Å². The maximum Gasteiger partial charge on any atom is 0.251 e. The van der Waals surface area contributed by atoms with Crippen molar-refractivity contribution in [2.24, 2.45) is 5.92 Å². The number of carbonyl (C=O) groups excluding carboxylic acids is 1. The summed E-state index contributed by atoms with van der Waals surface area (Å²) >= 11 is 0. The minimum Gasteiger partial charge on any atom is -0.370 e. The Morgan fingerprint density at radius 3 is 2.94 bits per heavy atom. The molecular formula is C14H21N3O. The van der Waals surface area contributed by atoms with Crippen LogP contribution in [0.2, 0.25) is 0 Å². The van der Waals surface area contributed by atoms with Gasteiger partial charge in [-0.25, -0.2) is 4.98 Å². The third-order valence-electron chi connectivity index (χ3n) is 3.60. The van der Waals surface area contributed by atoms with Gasteiger partial charge in [0, 0.05) is 24.3 Å². The molecule has 1 saturated carbocycles. The maximum absolute atomic E-state index is 12.1. The first-order valence-corrected chi connectivity index (χ1v) is 6.71. The molecule has 4 nitrogen and oxygen atoms in total. The predicted molar refractivity (Wildman–Crippen MR) is 72.7 cm³/mol. The highest BCUT2D eigenvalue weighted by atomic mass is 16.1. The molecule has 1 aromatic heterocycles. The molecule has 1 unspecified atom stereocenters. The molecule has 1 heterocycles. The van der Waals surface area contributed by atoms with Gasteiger partial charge in [0.05, 0.1) is 0 Å². The van der Waals surface area contributed by atoms with Crippen molar-refractivity contribution in [2.75, 3.05) is 11.9 Å². The highest BCUT2D eigenvalue weighted by molar-refractivity contribution is 5.94. The number of anilines is 1.